The molecule has 1 spiro atoms. The van der Waals surface area contributed by atoms with Crippen molar-refractivity contribution in [1.29, 1.82) is 0 Å². The Bertz CT molecular complexity index is 712. The topological polar surface area (TPSA) is 67.9 Å². The molecule has 154 valence electrons. The average Bonchev–Trinajstić information content (AvgIpc) is 3.31. The minimum Gasteiger partial charge on any atom is -0.490 e. The van der Waals surface area contributed by atoms with Crippen LogP contribution in [0.3, 0.4) is 0 Å². The van der Waals surface area contributed by atoms with Gasteiger partial charge in [-0.15, -0.1) is 0 Å². The summed E-state index contributed by atoms with van der Waals surface area (Å²) in [7, 11) is 1.69. The molecule has 1 N–H and O–H groups in total. The fourth-order valence-corrected chi connectivity index (χ4v) is 4.77. The van der Waals surface area contributed by atoms with Gasteiger partial charge in [0.05, 0.1) is 25.6 Å². The van der Waals surface area contributed by atoms with Gasteiger partial charge in [0, 0.05) is 25.6 Å². The minimum absolute atomic E-state index is 0.0366. The monoisotopic (exact) mass is 388 g/mol. The predicted molar refractivity (Wildman–Crippen MR) is 108 cm³/mol. The molecule has 1 unspecified atom stereocenters. The molecule has 0 aromatic heterocycles. The Morgan fingerprint density at radius 1 is 1.14 bits per heavy atom. The largest absolute Gasteiger partial charge is 0.490 e. The molecule has 1 aliphatic carbocycles. The van der Waals surface area contributed by atoms with E-state index >= 15 is 0 Å². The van der Waals surface area contributed by atoms with Crippen LogP contribution in [0.5, 0.6) is 11.5 Å². The van der Waals surface area contributed by atoms with E-state index in [9.17, 15) is 9.59 Å². The van der Waals surface area contributed by atoms with E-state index in [1.165, 1.54) is 0 Å². The third-order valence-electron chi connectivity index (χ3n) is 6.13. The molecular weight excluding hydrogens is 356 g/mol. The second kappa shape index (κ2) is 8.84. The molecule has 1 aliphatic heterocycles. The van der Waals surface area contributed by atoms with E-state index in [0.29, 0.717) is 44.2 Å². The third kappa shape index (κ3) is 4.10. The van der Waals surface area contributed by atoms with Crippen LogP contribution in [0.1, 0.15) is 45.1 Å². The summed E-state index contributed by atoms with van der Waals surface area (Å²) in [5.41, 5.74) is 0.867. The lowest BCUT2D eigenvalue weighted by molar-refractivity contribution is -0.130. The van der Waals surface area contributed by atoms with E-state index < -0.39 is 0 Å². The molecule has 2 aliphatic rings. The molecular formula is C22H32N2O4. The minimum atomic E-state index is -0.0942. The van der Waals surface area contributed by atoms with Crippen LogP contribution in [0.4, 0.5) is 0 Å². The summed E-state index contributed by atoms with van der Waals surface area (Å²) in [5, 5.41) is 2.80. The molecule has 1 aromatic rings. The summed E-state index contributed by atoms with van der Waals surface area (Å²) in [6, 6.07) is 5.68. The predicted octanol–water partition coefficient (Wildman–Crippen LogP) is 2.79. The van der Waals surface area contributed by atoms with Gasteiger partial charge in [-0.3, -0.25) is 9.59 Å². The maximum absolute atomic E-state index is 13.0. The van der Waals surface area contributed by atoms with Gasteiger partial charge in [0.15, 0.2) is 11.5 Å². The van der Waals surface area contributed by atoms with Crippen molar-refractivity contribution in [2.24, 2.45) is 11.3 Å². The maximum Gasteiger partial charge on any atom is 0.227 e. The first kappa shape index (κ1) is 20.5. The molecule has 0 bridgehead atoms. The van der Waals surface area contributed by atoms with Crippen LogP contribution in [0.2, 0.25) is 0 Å². The molecule has 6 nitrogen and oxygen atoms in total. The van der Waals surface area contributed by atoms with Crippen LogP contribution in [-0.2, 0) is 16.0 Å². The molecule has 1 atom stereocenters. The smallest absolute Gasteiger partial charge is 0.227 e. The molecule has 6 heteroatoms. The fraction of sp³-hybridized carbons (Fsp3) is 0.636. The highest BCUT2D eigenvalue weighted by atomic mass is 16.5. The standard InChI is InChI=1S/C22H32N2O4/c1-4-27-18-9-8-16(12-19(18)28-5-2)13-20(25)24-14-17(21(26)23-3)22(15-24)10-6-7-11-22/h8-9,12,17H,4-7,10-11,13-15H2,1-3H3,(H,23,26). The first-order valence-corrected chi connectivity index (χ1v) is 10.4. The summed E-state index contributed by atoms with van der Waals surface area (Å²) in [5.74, 6) is 1.42. The van der Waals surface area contributed by atoms with Crippen LogP contribution in [0, 0.1) is 11.3 Å². The van der Waals surface area contributed by atoms with Crippen LogP contribution in [-0.4, -0.2) is 50.1 Å². The van der Waals surface area contributed by atoms with Crippen molar-refractivity contribution in [1.82, 2.24) is 10.2 Å². The number of rotatable bonds is 7. The van der Waals surface area contributed by atoms with Crippen LogP contribution < -0.4 is 14.8 Å². The van der Waals surface area contributed by atoms with Crippen molar-refractivity contribution in [2.45, 2.75) is 46.0 Å². The highest BCUT2D eigenvalue weighted by Crippen LogP contribution is 2.49. The molecule has 2 amide bonds. The van der Waals surface area contributed by atoms with E-state index in [1.807, 2.05) is 36.9 Å². The third-order valence-corrected chi connectivity index (χ3v) is 6.13. The summed E-state index contributed by atoms with van der Waals surface area (Å²) < 4.78 is 11.3. The Labute approximate surface area is 167 Å². The van der Waals surface area contributed by atoms with Gasteiger partial charge in [0.2, 0.25) is 11.8 Å². The molecule has 28 heavy (non-hydrogen) atoms. The number of carbonyl (C=O) groups is 2. The van der Waals surface area contributed by atoms with Gasteiger partial charge in [0.1, 0.15) is 0 Å². The van der Waals surface area contributed by atoms with Crippen LogP contribution in [0.15, 0.2) is 18.2 Å². The van der Waals surface area contributed by atoms with Crippen LogP contribution >= 0.6 is 0 Å². The number of nitrogens with one attached hydrogen (secondary N) is 1. The summed E-state index contributed by atoms with van der Waals surface area (Å²) in [6.07, 6.45) is 4.67. The first-order chi connectivity index (χ1) is 13.5. The second-order valence-corrected chi connectivity index (χ2v) is 7.83. The lowest BCUT2D eigenvalue weighted by Gasteiger charge is -2.28. The molecule has 1 saturated heterocycles. The zero-order valence-corrected chi connectivity index (χ0v) is 17.3. The lowest BCUT2D eigenvalue weighted by atomic mass is 9.76. The highest BCUT2D eigenvalue weighted by molar-refractivity contribution is 5.84. The van der Waals surface area contributed by atoms with Gasteiger partial charge in [-0.05, 0) is 44.4 Å². The number of hydrogen-bond donors (Lipinski definition) is 1. The van der Waals surface area contributed by atoms with Gasteiger partial charge in [0.25, 0.3) is 0 Å². The van der Waals surface area contributed by atoms with Gasteiger partial charge >= 0.3 is 0 Å². The zero-order chi connectivity index (χ0) is 20.1. The number of carbonyl (C=O) groups excluding carboxylic acids is 2. The molecule has 3 rings (SSSR count). The van der Waals surface area contributed by atoms with Crippen molar-refractivity contribution in [3.05, 3.63) is 23.8 Å². The second-order valence-electron chi connectivity index (χ2n) is 7.83. The van der Waals surface area contributed by atoms with Crippen molar-refractivity contribution >= 4 is 11.8 Å². The quantitative estimate of drug-likeness (QED) is 0.780. The van der Waals surface area contributed by atoms with Gasteiger partial charge in [-0.2, -0.15) is 0 Å². The zero-order valence-electron chi connectivity index (χ0n) is 17.3. The van der Waals surface area contributed by atoms with E-state index in [4.69, 9.17) is 9.47 Å². The Balaban J connectivity index is 1.72. The van der Waals surface area contributed by atoms with Crippen LogP contribution in [0.25, 0.3) is 0 Å². The molecule has 2 fully saturated rings. The van der Waals surface area contributed by atoms with E-state index in [0.717, 1.165) is 31.2 Å². The summed E-state index contributed by atoms with van der Waals surface area (Å²) in [6.45, 7) is 6.18. The Kier molecular flexibility index (Phi) is 6.47. The Morgan fingerprint density at radius 2 is 1.82 bits per heavy atom. The fourth-order valence-electron chi connectivity index (χ4n) is 4.77. The Hall–Kier alpha value is -2.24. The number of amides is 2. The SMILES string of the molecule is CCOc1ccc(CC(=O)N2CC(C(=O)NC)C3(CCCC3)C2)cc1OCC. The maximum atomic E-state index is 13.0. The van der Waals surface area contributed by atoms with E-state index in [2.05, 4.69) is 5.32 Å². The van der Waals surface area contributed by atoms with Crippen molar-refractivity contribution < 1.29 is 19.1 Å². The summed E-state index contributed by atoms with van der Waals surface area (Å²) >= 11 is 0. The van der Waals surface area contributed by atoms with Crippen molar-refractivity contribution in [3.63, 3.8) is 0 Å². The highest BCUT2D eigenvalue weighted by Gasteiger charge is 2.51. The number of likely N-dealkylation sites (tertiary alicyclic amines) is 1. The summed E-state index contributed by atoms with van der Waals surface area (Å²) in [4.78, 5) is 27.3. The molecule has 1 heterocycles. The molecule has 1 saturated carbocycles. The lowest BCUT2D eigenvalue weighted by Crippen LogP contribution is -2.38. The Morgan fingerprint density at radius 3 is 2.46 bits per heavy atom. The van der Waals surface area contributed by atoms with E-state index in [-0.39, 0.29) is 23.1 Å². The van der Waals surface area contributed by atoms with Gasteiger partial charge < -0.3 is 19.7 Å². The number of nitrogens with zero attached hydrogens (tertiary/aromatic N) is 1. The van der Waals surface area contributed by atoms with E-state index in [1.54, 1.807) is 7.05 Å². The number of benzene rings is 1. The molecule has 1 aromatic carbocycles. The van der Waals surface area contributed by atoms with Crippen molar-refractivity contribution in [2.75, 3.05) is 33.4 Å². The first-order valence-electron chi connectivity index (χ1n) is 10.4. The number of ether oxygens (including phenoxy) is 2. The average molecular weight is 389 g/mol. The normalized spacial score (nSPS) is 20.4. The number of hydrogen-bond acceptors (Lipinski definition) is 4. The molecule has 0 radical (unpaired) electrons. The van der Waals surface area contributed by atoms with Gasteiger partial charge in [-0.25, -0.2) is 0 Å². The van der Waals surface area contributed by atoms with Gasteiger partial charge in [-0.1, -0.05) is 18.9 Å². The van der Waals surface area contributed by atoms with Crippen molar-refractivity contribution in [3.8, 4) is 11.5 Å².